The Morgan fingerprint density at radius 1 is 1.70 bits per heavy atom. The third kappa shape index (κ3) is 3.42. The predicted molar refractivity (Wildman–Crippen MR) is 36.6 cm³/mol. The van der Waals surface area contributed by atoms with Crippen LogP contribution in [0.3, 0.4) is 0 Å². The number of esters is 1. The lowest BCUT2D eigenvalue weighted by atomic mass is 10.3. The van der Waals surface area contributed by atoms with E-state index in [1.807, 2.05) is 0 Å². The molecule has 0 fully saturated rings. The first-order valence-corrected chi connectivity index (χ1v) is 2.98. The van der Waals surface area contributed by atoms with Gasteiger partial charge in [-0.15, -0.1) is 0 Å². The van der Waals surface area contributed by atoms with Gasteiger partial charge >= 0.3 is 5.97 Å². The van der Waals surface area contributed by atoms with Crippen LogP contribution < -0.4 is 0 Å². The number of carbonyl (C=O) groups is 1. The van der Waals surface area contributed by atoms with Crippen molar-refractivity contribution in [3.05, 3.63) is 0 Å². The first-order valence-electron chi connectivity index (χ1n) is 2.98. The van der Waals surface area contributed by atoms with E-state index in [9.17, 15) is 4.79 Å². The van der Waals surface area contributed by atoms with E-state index in [1.165, 1.54) is 7.11 Å². The Labute approximate surface area is 60.4 Å². The highest BCUT2D eigenvalue weighted by Crippen LogP contribution is 1.88. The summed E-state index contributed by atoms with van der Waals surface area (Å²) in [6, 6.07) is 0. The van der Waals surface area contributed by atoms with Gasteiger partial charge in [0.25, 0.3) is 0 Å². The molecule has 60 valence electrons. The SMILES string of the molecule is COC(=O)C(O)CN(C)C. The van der Waals surface area contributed by atoms with Gasteiger partial charge in [-0.3, -0.25) is 0 Å². The number of ether oxygens (including phenoxy) is 1. The minimum absolute atomic E-state index is 0.298. The Hall–Kier alpha value is -0.610. The van der Waals surface area contributed by atoms with Crippen molar-refractivity contribution >= 4 is 5.97 Å². The summed E-state index contributed by atoms with van der Waals surface area (Å²) in [6.45, 7) is 0.298. The van der Waals surface area contributed by atoms with Gasteiger partial charge in [0.1, 0.15) is 0 Å². The molecule has 0 spiro atoms. The average Bonchev–Trinajstić information content (AvgIpc) is 1.85. The maximum atomic E-state index is 10.5. The minimum Gasteiger partial charge on any atom is -0.467 e. The lowest BCUT2D eigenvalue weighted by Gasteiger charge is -2.12. The van der Waals surface area contributed by atoms with Crippen molar-refractivity contribution in [3.63, 3.8) is 0 Å². The zero-order valence-corrected chi connectivity index (χ0v) is 6.50. The van der Waals surface area contributed by atoms with Gasteiger partial charge in [0.05, 0.1) is 7.11 Å². The lowest BCUT2D eigenvalue weighted by Crippen LogP contribution is -2.33. The second-order valence-corrected chi connectivity index (χ2v) is 2.30. The molecular formula is C6H13NO3. The molecule has 0 saturated carbocycles. The molecule has 0 saturated heterocycles. The van der Waals surface area contributed by atoms with Gasteiger partial charge in [0.15, 0.2) is 6.10 Å². The van der Waals surface area contributed by atoms with E-state index in [4.69, 9.17) is 5.11 Å². The smallest absolute Gasteiger partial charge is 0.336 e. The van der Waals surface area contributed by atoms with Crippen molar-refractivity contribution < 1.29 is 14.6 Å². The van der Waals surface area contributed by atoms with Crippen LogP contribution in [0.1, 0.15) is 0 Å². The molecule has 0 aliphatic rings. The number of aliphatic hydroxyl groups excluding tert-OH is 1. The number of hydrogen-bond acceptors (Lipinski definition) is 4. The number of aliphatic hydroxyl groups is 1. The van der Waals surface area contributed by atoms with Crippen LogP contribution in [0, 0.1) is 0 Å². The maximum Gasteiger partial charge on any atom is 0.336 e. The second-order valence-electron chi connectivity index (χ2n) is 2.30. The molecule has 4 heteroatoms. The molecule has 0 aliphatic carbocycles. The summed E-state index contributed by atoms with van der Waals surface area (Å²) in [4.78, 5) is 12.3. The van der Waals surface area contributed by atoms with Gasteiger partial charge in [-0.2, -0.15) is 0 Å². The standard InChI is InChI=1S/C6H13NO3/c1-7(2)4-5(8)6(9)10-3/h5,8H,4H2,1-3H3. The largest absolute Gasteiger partial charge is 0.467 e. The molecule has 0 radical (unpaired) electrons. The molecule has 0 amide bonds. The molecule has 0 bridgehead atoms. The second kappa shape index (κ2) is 4.24. The van der Waals surface area contributed by atoms with E-state index in [-0.39, 0.29) is 0 Å². The topological polar surface area (TPSA) is 49.8 Å². The molecule has 1 N–H and O–H groups in total. The fourth-order valence-electron chi connectivity index (χ4n) is 0.556. The number of nitrogens with zero attached hydrogens (tertiary/aromatic N) is 1. The summed E-state index contributed by atoms with van der Waals surface area (Å²) in [6.07, 6.45) is -1.03. The minimum atomic E-state index is -1.03. The quantitative estimate of drug-likeness (QED) is 0.525. The summed E-state index contributed by atoms with van der Waals surface area (Å²) < 4.78 is 4.30. The number of hydrogen-bond donors (Lipinski definition) is 1. The van der Waals surface area contributed by atoms with Crippen LogP contribution in [0.2, 0.25) is 0 Å². The first-order chi connectivity index (χ1) is 4.57. The number of methoxy groups -OCH3 is 1. The van der Waals surface area contributed by atoms with Crippen molar-refractivity contribution in [2.75, 3.05) is 27.7 Å². The maximum absolute atomic E-state index is 10.5. The van der Waals surface area contributed by atoms with Crippen molar-refractivity contribution in [3.8, 4) is 0 Å². The zero-order valence-electron chi connectivity index (χ0n) is 6.50. The van der Waals surface area contributed by atoms with Crippen LogP contribution in [0.25, 0.3) is 0 Å². The van der Waals surface area contributed by atoms with Gasteiger partial charge in [-0.1, -0.05) is 0 Å². The third-order valence-corrected chi connectivity index (χ3v) is 1.01. The third-order valence-electron chi connectivity index (χ3n) is 1.01. The first kappa shape index (κ1) is 9.39. The van der Waals surface area contributed by atoms with E-state index in [0.29, 0.717) is 6.54 Å². The molecule has 0 aromatic rings. The highest BCUT2D eigenvalue weighted by Gasteiger charge is 2.14. The van der Waals surface area contributed by atoms with Crippen LogP contribution in [-0.2, 0) is 9.53 Å². The van der Waals surface area contributed by atoms with Crippen molar-refractivity contribution in [2.45, 2.75) is 6.10 Å². The highest BCUT2D eigenvalue weighted by atomic mass is 16.5. The lowest BCUT2D eigenvalue weighted by molar-refractivity contribution is -0.151. The molecule has 0 rings (SSSR count). The monoisotopic (exact) mass is 147 g/mol. The fourth-order valence-corrected chi connectivity index (χ4v) is 0.556. The van der Waals surface area contributed by atoms with Crippen LogP contribution >= 0.6 is 0 Å². The highest BCUT2D eigenvalue weighted by molar-refractivity contribution is 5.74. The fraction of sp³-hybridized carbons (Fsp3) is 0.833. The van der Waals surface area contributed by atoms with E-state index >= 15 is 0 Å². The molecule has 1 atom stereocenters. The molecule has 0 aliphatic heterocycles. The summed E-state index contributed by atoms with van der Waals surface area (Å²) in [7, 11) is 4.79. The number of likely N-dealkylation sites (N-methyl/N-ethyl adjacent to an activating group) is 1. The van der Waals surface area contributed by atoms with Crippen molar-refractivity contribution in [2.24, 2.45) is 0 Å². The summed E-state index contributed by atoms with van der Waals surface area (Å²) in [5.41, 5.74) is 0. The van der Waals surface area contributed by atoms with Gasteiger partial charge in [0.2, 0.25) is 0 Å². The van der Waals surface area contributed by atoms with E-state index in [0.717, 1.165) is 0 Å². The molecule has 4 nitrogen and oxygen atoms in total. The number of carbonyl (C=O) groups excluding carboxylic acids is 1. The Balaban J connectivity index is 3.61. The van der Waals surface area contributed by atoms with Crippen molar-refractivity contribution in [1.82, 2.24) is 4.90 Å². The van der Waals surface area contributed by atoms with E-state index < -0.39 is 12.1 Å². The van der Waals surface area contributed by atoms with Crippen LogP contribution in [0.15, 0.2) is 0 Å². The Morgan fingerprint density at radius 3 is 2.50 bits per heavy atom. The summed E-state index contributed by atoms with van der Waals surface area (Å²) >= 11 is 0. The van der Waals surface area contributed by atoms with Gasteiger partial charge in [-0.25, -0.2) is 4.79 Å². The van der Waals surface area contributed by atoms with Gasteiger partial charge in [-0.05, 0) is 14.1 Å². The van der Waals surface area contributed by atoms with Crippen molar-refractivity contribution in [1.29, 1.82) is 0 Å². The van der Waals surface area contributed by atoms with E-state index in [2.05, 4.69) is 4.74 Å². The molecule has 0 aromatic heterocycles. The average molecular weight is 147 g/mol. The molecule has 0 heterocycles. The molecule has 10 heavy (non-hydrogen) atoms. The Morgan fingerprint density at radius 2 is 2.20 bits per heavy atom. The summed E-state index contributed by atoms with van der Waals surface area (Å²) in [5, 5.41) is 8.97. The van der Waals surface area contributed by atoms with Gasteiger partial charge < -0.3 is 14.7 Å². The molecule has 1 unspecified atom stereocenters. The zero-order chi connectivity index (χ0) is 8.15. The number of rotatable bonds is 3. The normalized spacial score (nSPS) is 13.3. The Kier molecular flexibility index (Phi) is 3.99. The van der Waals surface area contributed by atoms with Gasteiger partial charge in [0, 0.05) is 6.54 Å². The van der Waals surface area contributed by atoms with E-state index in [1.54, 1.807) is 19.0 Å². The molecule has 0 aromatic carbocycles. The van der Waals surface area contributed by atoms with Crippen LogP contribution in [0.5, 0.6) is 0 Å². The van der Waals surface area contributed by atoms with Crippen LogP contribution in [-0.4, -0.2) is 49.8 Å². The predicted octanol–water partition coefficient (Wildman–Crippen LogP) is -0.918. The van der Waals surface area contributed by atoms with Crippen LogP contribution in [0.4, 0.5) is 0 Å². The Bertz CT molecular complexity index is 114. The summed E-state index contributed by atoms with van der Waals surface area (Å²) in [5.74, 6) is -0.589. The molecular weight excluding hydrogens is 134 g/mol.